The predicted molar refractivity (Wildman–Crippen MR) is 115 cm³/mol. The van der Waals surface area contributed by atoms with Gasteiger partial charge in [-0.2, -0.15) is 5.26 Å². The first-order valence-electron chi connectivity index (χ1n) is 11.2. The van der Waals surface area contributed by atoms with Crippen molar-refractivity contribution in [3.8, 4) is 17.2 Å². The Morgan fingerprint density at radius 2 is 1.55 bits per heavy atom. The quantitative estimate of drug-likeness (QED) is 0.279. The van der Waals surface area contributed by atoms with Crippen LogP contribution in [0.4, 0.5) is 8.78 Å². The summed E-state index contributed by atoms with van der Waals surface area (Å²) in [4.78, 5) is -0.247. The summed E-state index contributed by atoms with van der Waals surface area (Å²) in [5.74, 6) is 7.82. The van der Waals surface area contributed by atoms with Gasteiger partial charge in [0.05, 0.1) is 4.90 Å². The standard InChI is InChI=1S/C25H31F2NS/c1-2-3-4-18-7-11-21(12-8-18)22-13-9-19(10-14-22)5-6-20-15-23(26)25(29-17-28)24(27)16-20/h15-16,18-19,21-22H,2-4,7-14H2,1H3. The number of thiocyanates is 1. The molecule has 0 unspecified atom stereocenters. The van der Waals surface area contributed by atoms with Gasteiger partial charge in [-0.15, -0.1) is 0 Å². The molecule has 0 atom stereocenters. The van der Waals surface area contributed by atoms with E-state index in [2.05, 4.69) is 18.8 Å². The SMILES string of the molecule is CCCCC1CCC(C2CCC(C#Cc3cc(F)c(SC#N)c(F)c3)CC2)CC1. The lowest BCUT2D eigenvalue weighted by atomic mass is 9.69. The van der Waals surface area contributed by atoms with E-state index in [4.69, 9.17) is 5.26 Å². The van der Waals surface area contributed by atoms with Gasteiger partial charge in [0.1, 0.15) is 17.0 Å². The summed E-state index contributed by atoms with van der Waals surface area (Å²) >= 11 is 0.508. The summed E-state index contributed by atoms with van der Waals surface area (Å²) in [6.45, 7) is 2.28. The zero-order chi connectivity index (χ0) is 20.6. The summed E-state index contributed by atoms with van der Waals surface area (Å²) in [5.41, 5.74) is 0.356. The maximum absolute atomic E-state index is 13.9. The molecule has 2 aliphatic rings. The molecule has 156 valence electrons. The first-order chi connectivity index (χ1) is 14.1. The molecule has 1 aromatic carbocycles. The summed E-state index contributed by atoms with van der Waals surface area (Å²) in [7, 11) is 0. The molecule has 1 aromatic rings. The van der Waals surface area contributed by atoms with Crippen molar-refractivity contribution in [3.63, 3.8) is 0 Å². The van der Waals surface area contributed by atoms with E-state index in [1.54, 1.807) is 5.40 Å². The topological polar surface area (TPSA) is 23.8 Å². The molecule has 3 rings (SSSR count). The van der Waals surface area contributed by atoms with Crippen LogP contribution < -0.4 is 0 Å². The molecule has 2 fully saturated rings. The van der Waals surface area contributed by atoms with Crippen molar-refractivity contribution in [3.05, 3.63) is 29.3 Å². The Labute approximate surface area is 178 Å². The maximum Gasteiger partial charge on any atom is 0.142 e. The van der Waals surface area contributed by atoms with Crippen molar-refractivity contribution in [1.29, 1.82) is 5.26 Å². The minimum atomic E-state index is -0.709. The second-order valence-electron chi connectivity index (χ2n) is 8.77. The molecule has 0 amide bonds. The van der Waals surface area contributed by atoms with Crippen molar-refractivity contribution in [2.75, 3.05) is 0 Å². The molecular formula is C25H31F2NS. The number of nitriles is 1. The van der Waals surface area contributed by atoms with Crippen molar-refractivity contribution >= 4 is 11.8 Å². The van der Waals surface area contributed by atoms with E-state index < -0.39 is 11.6 Å². The highest BCUT2D eigenvalue weighted by molar-refractivity contribution is 8.03. The third kappa shape index (κ3) is 6.23. The molecule has 0 N–H and O–H groups in total. The summed E-state index contributed by atoms with van der Waals surface area (Å²) in [5, 5.41) is 10.3. The highest BCUT2D eigenvalue weighted by atomic mass is 32.2. The first kappa shape index (κ1) is 22.2. The molecule has 0 bridgehead atoms. The first-order valence-corrected chi connectivity index (χ1v) is 12.0. The van der Waals surface area contributed by atoms with Gasteiger partial charge in [-0.1, -0.05) is 50.9 Å². The minimum absolute atomic E-state index is 0.247. The Hall–Kier alpha value is -1.52. The zero-order valence-corrected chi connectivity index (χ0v) is 18.2. The third-order valence-electron chi connectivity index (χ3n) is 6.86. The van der Waals surface area contributed by atoms with Gasteiger partial charge in [0.25, 0.3) is 0 Å². The van der Waals surface area contributed by atoms with Crippen molar-refractivity contribution in [1.82, 2.24) is 0 Å². The van der Waals surface area contributed by atoms with Crippen LogP contribution in [0.3, 0.4) is 0 Å². The molecule has 0 spiro atoms. The molecule has 0 radical (unpaired) electrons. The second-order valence-corrected chi connectivity index (χ2v) is 9.56. The lowest BCUT2D eigenvalue weighted by molar-refractivity contribution is 0.153. The lowest BCUT2D eigenvalue weighted by Crippen LogP contribution is -2.25. The molecule has 4 heteroatoms. The largest absolute Gasteiger partial charge is 0.206 e. The number of rotatable bonds is 5. The van der Waals surface area contributed by atoms with Crippen LogP contribution in [0.2, 0.25) is 0 Å². The minimum Gasteiger partial charge on any atom is -0.206 e. The number of hydrogen-bond acceptors (Lipinski definition) is 2. The van der Waals surface area contributed by atoms with Crippen LogP contribution in [0.15, 0.2) is 17.0 Å². The van der Waals surface area contributed by atoms with Crippen LogP contribution in [0.5, 0.6) is 0 Å². The van der Waals surface area contributed by atoms with Crippen LogP contribution in [-0.4, -0.2) is 0 Å². The molecule has 0 heterocycles. The molecule has 2 aliphatic carbocycles. The molecular weight excluding hydrogens is 384 g/mol. The lowest BCUT2D eigenvalue weighted by Gasteiger charge is -2.37. The number of benzene rings is 1. The fourth-order valence-corrected chi connectivity index (χ4v) is 5.54. The molecule has 0 aliphatic heterocycles. The predicted octanol–water partition coefficient (Wildman–Crippen LogP) is 7.69. The van der Waals surface area contributed by atoms with Crippen LogP contribution in [-0.2, 0) is 0 Å². The number of hydrogen-bond donors (Lipinski definition) is 0. The maximum atomic E-state index is 13.9. The van der Waals surface area contributed by atoms with Gasteiger partial charge in [-0.25, -0.2) is 8.78 Å². The zero-order valence-electron chi connectivity index (χ0n) is 17.4. The Bertz CT molecular complexity index is 749. The van der Waals surface area contributed by atoms with Crippen LogP contribution in [0, 0.1) is 57.8 Å². The van der Waals surface area contributed by atoms with E-state index in [1.165, 1.54) is 69.9 Å². The Balaban J connectivity index is 1.48. The smallest absolute Gasteiger partial charge is 0.142 e. The van der Waals surface area contributed by atoms with Gasteiger partial charge in [0, 0.05) is 11.5 Å². The summed E-state index contributed by atoms with van der Waals surface area (Å²) < 4.78 is 27.9. The average molecular weight is 416 g/mol. The van der Waals surface area contributed by atoms with Gasteiger partial charge >= 0.3 is 0 Å². The Morgan fingerprint density at radius 3 is 2.10 bits per heavy atom. The van der Waals surface area contributed by atoms with Crippen LogP contribution in [0.1, 0.15) is 83.1 Å². The Morgan fingerprint density at radius 1 is 0.966 bits per heavy atom. The van der Waals surface area contributed by atoms with Crippen molar-refractivity contribution < 1.29 is 8.78 Å². The fourth-order valence-electron chi connectivity index (χ4n) is 5.14. The molecule has 29 heavy (non-hydrogen) atoms. The molecule has 0 aromatic heterocycles. The van der Waals surface area contributed by atoms with E-state index in [-0.39, 0.29) is 4.90 Å². The number of nitrogens with zero attached hydrogens (tertiary/aromatic N) is 1. The van der Waals surface area contributed by atoms with Gasteiger partial charge in [-0.3, -0.25) is 0 Å². The van der Waals surface area contributed by atoms with Crippen LogP contribution >= 0.6 is 11.8 Å². The number of thioether (sulfide) groups is 1. The summed E-state index contributed by atoms with van der Waals surface area (Å²) in [6.07, 6.45) is 14.4. The Kier molecular flexibility index (Phi) is 8.43. The third-order valence-corrected chi connectivity index (χ3v) is 7.55. The average Bonchev–Trinajstić information content (AvgIpc) is 2.74. The fraction of sp³-hybridized carbons (Fsp3) is 0.640. The van der Waals surface area contributed by atoms with Gasteiger partial charge < -0.3 is 0 Å². The van der Waals surface area contributed by atoms with E-state index in [9.17, 15) is 8.78 Å². The van der Waals surface area contributed by atoms with Crippen molar-refractivity contribution in [2.24, 2.45) is 23.7 Å². The van der Waals surface area contributed by atoms with E-state index in [0.29, 0.717) is 23.2 Å². The highest BCUT2D eigenvalue weighted by Crippen LogP contribution is 2.42. The van der Waals surface area contributed by atoms with Gasteiger partial charge in [0.15, 0.2) is 0 Å². The number of halogens is 2. The summed E-state index contributed by atoms with van der Waals surface area (Å²) in [6, 6.07) is 2.47. The monoisotopic (exact) mass is 415 g/mol. The van der Waals surface area contributed by atoms with Gasteiger partial charge in [0.2, 0.25) is 0 Å². The molecule has 2 saturated carbocycles. The molecule has 0 saturated heterocycles. The van der Waals surface area contributed by atoms with E-state index in [1.807, 2.05) is 0 Å². The van der Waals surface area contributed by atoms with Gasteiger partial charge in [-0.05, 0) is 80.2 Å². The van der Waals surface area contributed by atoms with E-state index >= 15 is 0 Å². The second kappa shape index (κ2) is 11.0. The van der Waals surface area contributed by atoms with E-state index in [0.717, 1.165) is 30.6 Å². The normalized spacial score (nSPS) is 27.0. The number of unbranched alkanes of at least 4 members (excludes halogenated alkanes) is 1. The molecule has 1 nitrogen and oxygen atoms in total. The van der Waals surface area contributed by atoms with Crippen molar-refractivity contribution in [2.45, 2.75) is 82.4 Å². The van der Waals surface area contributed by atoms with Crippen LogP contribution in [0.25, 0.3) is 0 Å². The highest BCUT2D eigenvalue weighted by Gasteiger charge is 2.30.